The highest BCUT2D eigenvalue weighted by Gasteiger charge is 2.19. The van der Waals surface area contributed by atoms with Crippen molar-refractivity contribution in [3.63, 3.8) is 0 Å². The first kappa shape index (κ1) is 19.7. The lowest BCUT2D eigenvalue weighted by molar-refractivity contribution is 1.38. The van der Waals surface area contributed by atoms with Gasteiger partial charge in [0.2, 0.25) is 0 Å². The molecule has 0 amide bonds. The van der Waals surface area contributed by atoms with Crippen LogP contribution < -0.4 is 0 Å². The lowest BCUT2D eigenvalue weighted by Gasteiger charge is -2.04. The minimum Gasteiger partial charge on any atom is -0.237 e. The first-order valence-electron chi connectivity index (χ1n) is 11.1. The number of hydrogen-bond acceptors (Lipinski definition) is 6. The highest BCUT2D eigenvalue weighted by molar-refractivity contribution is 7.26. The van der Waals surface area contributed by atoms with E-state index >= 15 is 0 Å². The average molecular weight is 475 g/mol. The summed E-state index contributed by atoms with van der Waals surface area (Å²) in [5.41, 5.74) is 8.42. The summed E-state index contributed by atoms with van der Waals surface area (Å²) < 4.78 is 0. The normalized spacial score (nSPS) is 11.8. The van der Waals surface area contributed by atoms with E-state index in [9.17, 15) is 0 Å². The van der Waals surface area contributed by atoms with E-state index in [2.05, 4.69) is 50.2 Å². The molecule has 0 N–H and O–H groups in total. The van der Waals surface area contributed by atoms with E-state index in [1.165, 1.54) is 11.1 Å². The van der Waals surface area contributed by atoms with Gasteiger partial charge in [-0.3, -0.25) is 0 Å². The van der Waals surface area contributed by atoms with Crippen molar-refractivity contribution in [2.45, 2.75) is 13.8 Å². The predicted molar refractivity (Wildman–Crippen MR) is 144 cm³/mol. The molecular weight excluding hydrogens is 456 g/mol. The molecule has 0 aliphatic heterocycles. The van der Waals surface area contributed by atoms with Gasteiger partial charge in [0.05, 0.1) is 11.4 Å². The van der Waals surface area contributed by atoms with Crippen molar-refractivity contribution in [3.05, 3.63) is 83.9 Å². The molecule has 4 nitrogen and oxygen atoms in total. The topological polar surface area (TPSA) is 51.6 Å². The van der Waals surface area contributed by atoms with Gasteiger partial charge in [0, 0.05) is 21.9 Å². The van der Waals surface area contributed by atoms with E-state index in [0.717, 1.165) is 63.6 Å². The molecule has 0 saturated heterocycles. The van der Waals surface area contributed by atoms with E-state index in [1.807, 2.05) is 36.4 Å². The van der Waals surface area contributed by atoms with Crippen molar-refractivity contribution in [1.29, 1.82) is 0 Å². The van der Waals surface area contributed by atoms with E-state index in [4.69, 9.17) is 19.9 Å². The fourth-order valence-corrected chi connectivity index (χ4v) is 6.72. The molecule has 0 aliphatic carbocycles. The first-order chi connectivity index (χ1) is 16.7. The van der Waals surface area contributed by atoms with Gasteiger partial charge < -0.3 is 0 Å². The van der Waals surface area contributed by atoms with Gasteiger partial charge >= 0.3 is 0 Å². The number of benzene rings is 2. The second-order valence-corrected chi connectivity index (χ2v) is 10.4. The lowest BCUT2D eigenvalue weighted by atomic mass is 10.1. The van der Waals surface area contributed by atoms with Gasteiger partial charge in [0.1, 0.15) is 30.4 Å². The Morgan fingerprint density at radius 1 is 0.500 bits per heavy atom. The van der Waals surface area contributed by atoms with Crippen molar-refractivity contribution in [3.8, 4) is 22.5 Å². The molecule has 0 bridgehead atoms. The number of hydrogen-bond donors (Lipinski definition) is 0. The van der Waals surface area contributed by atoms with Crippen LogP contribution in [-0.4, -0.2) is 19.9 Å². The van der Waals surface area contributed by atoms with Crippen LogP contribution in [0.3, 0.4) is 0 Å². The smallest absolute Gasteiger partial charge is 0.145 e. The van der Waals surface area contributed by atoms with Crippen LogP contribution in [0.25, 0.3) is 63.6 Å². The molecule has 2 aromatic carbocycles. The summed E-state index contributed by atoms with van der Waals surface area (Å²) in [5.74, 6) is 0. The fourth-order valence-electron chi connectivity index (χ4n) is 4.58. The highest BCUT2D eigenvalue weighted by Crippen LogP contribution is 2.40. The number of rotatable bonds is 2. The molecule has 0 unspecified atom stereocenters. The van der Waals surface area contributed by atoms with Gasteiger partial charge in [-0.05, 0) is 37.1 Å². The second kappa shape index (κ2) is 7.38. The zero-order valence-corrected chi connectivity index (χ0v) is 20.2. The molecule has 0 atom stereocenters. The quantitative estimate of drug-likeness (QED) is 0.255. The maximum atomic E-state index is 5.10. The molecule has 7 aromatic rings. The standard InChI is InChI=1S/C28H18N4S2/c1-15-13-19(17-9-5-3-6-10-17)29-25-21(15)23-27(33-25)32-24-22-16(2)14-20(18-11-7-4-8-12-18)30-26(22)34-28(24)31-23/h3-14H,1-2H3. The van der Waals surface area contributed by atoms with Crippen LogP contribution >= 0.6 is 22.7 Å². The summed E-state index contributed by atoms with van der Waals surface area (Å²) in [6.07, 6.45) is 0. The van der Waals surface area contributed by atoms with Crippen molar-refractivity contribution in [2.24, 2.45) is 0 Å². The Hall–Kier alpha value is -3.74. The molecule has 0 fully saturated rings. The van der Waals surface area contributed by atoms with Crippen LogP contribution in [0.1, 0.15) is 11.1 Å². The third-order valence-electron chi connectivity index (χ3n) is 6.20. The number of fused-ring (bicyclic) bond motifs is 6. The average Bonchev–Trinajstić information content (AvgIpc) is 3.41. The third-order valence-corrected chi connectivity index (χ3v) is 8.13. The molecule has 5 heterocycles. The Morgan fingerprint density at radius 2 is 0.912 bits per heavy atom. The van der Waals surface area contributed by atoms with Gasteiger partial charge in [-0.25, -0.2) is 19.9 Å². The second-order valence-electron chi connectivity index (χ2n) is 8.48. The number of nitrogens with zero attached hydrogens (tertiary/aromatic N) is 4. The summed E-state index contributed by atoms with van der Waals surface area (Å²) in [5, 5.41) is 2.20. The van der Waals surface area contributed by atoms with Gasteiger partial charge in [0.25, 0.3) is 0 Å². The maximum Gasteiger partial charge on any atom is 0.145 e. The Balaban J connectivity index is 1.47. The maximum absolute atomic E-state index is 5.10. The Kier molecular flexibility index (Phi) is 4.28. The number of thiophene rings is 2. The summed E-state index contributed by atoms with van der Waals surface area (Å²) in [6.45, 7) is 4.27. The molecule has 0 saturated carbocycles. The van der Waals surface area contributed by atoms with Crippen LogP contribution in [0.4, 0.5) is 0 Å². The molecule has 6 heteroatoms. The van der Waals surface area contributed by atoms with E-state index < -0.39 is 0 Å². The molecule has 0 aliphatic rings. The van der Waals surface area contributed by atoms with Gasteiger partial charge in [-0.1, -0.05) is 83.3 Å². The minimum atomic E-state index is 0.926. The number of aryl methyl sites for hydroxylation is 2. The summed E-state index contributed by atoms with van der Waals surface area (Å²) in [7, 11) is 0. The summed E-state index contributed by atoms with van der Waals surface area (Å²) >= 11 is 3.23. The van der Waals surface area contributed by atoms with Gasteiger partial charge in [-0.2, -0.15) is 0 Å². The van der Waals surface area contributed by atoms with Gasteiger partial charge in [0.15, 0.2) is 0 Å². The van der Waals surface area contributed by atoms with Crippen molar-refractivity contribution >= 4 is 63.8 Å². The van der Waals surface area contributed by atoms with Crippen LogP contribution in [0.5, 0.6) is 0 Å². The molecule has 5 aromatic heterocycles. The monoisotopic (exact) mass is 474 g/mol. The largest absolute Gasteiger partial charge is 0.237 e. The van der Waals surface area contributed by atoms with Crippen LogP contribution in [0.2, 0.25) is 0 Å². The Bertz CT molecular complexity index is 1730. The summed E-state index contributed by atoms with van der Waals surface area (Å²) in [6, 6.07) is 24.9. The van der Waals surface area contributed by atoms with Gasteiger partial charge in [-0.15, -0.1) is 0 Å². The fraction of sp³-hybridized carbons (Fsp3) is 0.0714. The highest BCUT2D eigenvalue weighted by atomic mass is 32.1. The van der Waals surface area contributed by atoms with Crippen molar-refractivity contribution in [2.75, 3.05) is 0 Å². The van der Waals surface area contributed by atoms with Crippen LogP contribution in [-0.2, 0) is 0 Å². The number of pyridine rings is 2. The lowest BCUT2D eigenvalue weighted by Crippen LogP contribution is -1.88. The molecular formula is C28H18N4S2. The number of aromatic nitrogens is 4. The Labute approximate surface area is 203 Å². The van der Waals surface area contributed by atoms with Crippen LogP contribution in [0.15, 0.2) is 72.8 Å². The van der Waals surface area contributed by atoms with E-state index in [0.29, 0.717) is 0 Å². The van der Waals surface area contributed by atoms with E-state index in [-0.39, 0.29) is 0 Å². The Morgan fingerprint density at radius 3 is 1.32 bits per heavy atom. The predicted octanol–water partition coefficient (Wildman–Crippen LogP) is 7.95. The van der Waals surface area contributed by atoms with Crippen LogP contribution in [0, 0.1) is 13.8 Å². The molecule has 162 valence electrons. The summed E-state index contributed by atoms with van der Waals surface area (Å²) in [4.78, 5) is 24.0. The zero-order valence-electron chi connectivity index (χ0n) is 18.5. The molecule has 0 radical (unpaired) electrons. The van der Waals surface area contributed by atoms with Crippen molar-refractivity contribution < 1.29 is 0 Å². The molecule has 7 rings (SSSR count). The van der Waals surface area contributed by atoms with E-state index in [1.54, 1.807) is 22.7 Å². The van der Waals surface area contributed by atoms with Crippen molar-refractivity contribution in [1.82, 2.24) is 19.9 Å². The SMILES string of the molecule is Cc1cc(-c2ccccc2)nc2sc3nc4c(nc3c12)sc1nc(-c2ccccc2)cc(C)c14. The minimum absolute atomic E-state index is 0.926. The molecule has 0 spiro atoms. The zero-order chi connectivity index (χ0) is 22.8. The molecule has 34 heavy (non-hydrogen) atoms. The first-order valence-corrected chi connectivity index (χ1v) is 12.7. The third kappa shape index (κ3) is 2.96.